The van der Waals surface area contributed by atoms with Crippen molar-refractivity contribution in [2.75, 3.05) is 6.61 Å². The van der Waals surface area contributed by atoms with E-state index in [0.29, 0.717) is 18.4 Å². The lowest BCUT2D eigenvalue weighted by atomic mass is 9.99. The van der Waals surface area contributed by atoms with Crippen LogP contribution in [0.15, 0.2) is 34.7 Å². The van der Waals surface area contributed by atoms with Gasteiger partial charge in [0.05, 0.1) is 18.3 Å². The zero-order valence-electron chi connectivity index (χ0n) is 15.2. The number of benzene rings is 1. The maximum Gasteiger partial charge on any atom is 0.305 e. The molecule has 0 aliphatic carbocycles. The van der Waals surface area contributed by atoms with Crippen LogP contribution in [-0.4, -0.2) is 22.1 Å². The summed E-state index contributed by atoms with van der Waals surface area (Å²) in [6, 6.07) is 6.21. The van der Waals surface area contributed by atoms with Gasteiger partial charge in [0.15, 0.2) is 0 Å². The molecule has 0 aliphatic heterocycles. The highest BCUT2D eigenvalue weighted by atomic mass is 32.1. The van der Waals surface area contributed by atoms with Gasteiger partial charge in [0.2, 0.25) is 0 Å². The van der Waals surface area contributed by atoms with Gasteiger partial charge < -0.3 is 4.74 Å². The van der Waals surface area contributed by atoms with Crippen molar-refractivity contribution in [3.8, 4) is 11.1 Å². The van der Waals surface area contributed by atoms with Gasteiger partial charge in [-0.3, -0.25) is 14.2 Å². The topological polar surface area (TPSA) is 61.2 Å². The summed E-state index contributed by atoms with van der Waals surface area (Å²) in [5.41, 5.74) is 4.19. The fourth-order valence-electron chi connectivity index (χ4n) is 2.97. The molecular weight excluding hydrogens is 348 g/mol. The second-order valence-electron chi connectivity index (χ2n) is 6.36. The summed E-state index contributed by atoms with van der Waals surface area (Å²) < 4.78 is 6.67. The van der Waals surface area contributed by atoms with E-state index in [2.05, 4.69) is 24.0 Å². The Labute approximate surface area is 156 Å². The van der Waals surface area contributed by atoms with E-state index >= 15 is 0 Å². The molecule has 26 heavy (non-hydrogen) atoms. The lowest BCUT2D eigenvalue weighted by molar-refractivity contribution is -0.143. The van der Waals surface area contributed by atoms with Gasteiger partial charge >= 0.3 is 5.97 Å². The van der Waals surface area contributed by atoms with E-state index in [9.17, 15) is 9.59 Å². The molecular formula is C20H22N2O3S. The third-order valence-electron chi connectivity index (χ3n) is 4.28. The third-order valence-corrected chi connectivity index (χ3v) is 5.17. The fraction of sp³-hybridized carbons (Fsp3) is 0.350. The number of carbonyl (C=O) groups is 1. The SMILES string of the molecule is CCCC(=O)OCCn1cnc2scc(-c3ccc(C)cc3C)c2c1=O. The molecule has 0 bridgehead atoms. The van der Waals surface area contributed by atoms with E-state index in [1.165, 1.54) is 27.8 Å². The number of aromatic nitrogens is 2. The average molecular weight is 370 g/mol. The van der Waals surface area contributed by atoms with Crippen LogP contribution in [0.4, 0.5) is 0 Å². The number of ether oxygens (including phenoxy) is 1. The number of nitrogens with zero attached hydrogens (tertiary/aromatic N) is 2. The van der Waals surface area contributed by atoms with Gasteiger partial charge in [0.1, 0.15) is 11.4 Å². The minimum absolute atomic E-state index is 0.0993. The molecule has 0 N–H and O–H groups in total. The number of hydrogen-bond donors (Lipinski definition) is 0. The molecule has 2 heterocycles. The van der Waals surface area contributed by atoms with Crippen LogP contribution in [0.1, 0.15) is 30.9 Å². The predicted molar refractivity (Wildman–Crippen MR) is 105 cm³/mol. The number of hydrogen-bond acceptors (Lipinski definition) is 5. The van der Waals surface area contributed by atoms with E-state index in [-0.39, 0.29) is 18.1 Å². The summed E-state index contributed by atoms with van der Waals surface area (Å²) in [4.78, 5) is 29.6. The molecule has 0 atom stereocenters. The molecule has 5 nitrogen and oxygen atoms in total. The number of rotatable bonds is 6. The summed E-state index contributed by atoms with van der Waals surface area (Å²) >= 11 is 1.47. The Kier molecular flexibility index (Phi) is 5.52. The van der Waals surface area contributed by atoms with Gasteiger partial charge in [-0.15, -0.1) is 11.3 Å². The molecule has 1 aromatic carbocycles. The van der Waals surface area contributed by atoms with E-state index in [1.54, 1.807) is 0 Å². The first kappa shape index (κ1) is 18.3. The molecule has 2 aromatic heterocycles. The molecule has 0 unspecified atom stereocenters. The first-order chi connectivity index (χ1) is 12.5. The van der Waals surface area contributed by atoms with Crippen molar-refractivity contribution in [2.45, 2.75) is 40.2 Å². The Morgan fingerprint density at radius 3 is 2.81 bits per heavy atom. The summed E-state index contributed by atoms with van der Waals surface area (Å²) in [5.74, 6) is -0.235. The van der Waals surface area contributed by atoms with Crippen LogP contribution in [0.2, 0.25) is 0 Å². The van der Waals surface area contributed by atoms with Crippen molar-refractivity contribution in [2.24, 2.45) is 0 Å². The van der Waals surface area contributed by atoms with Crippen molar-refractivity contribution < 1.29 is 9.53 Å². The van der Waals surface area contributed by atoms with Crippen LogP contribution in [0.25, 0.3) is 21.3 Å². The zero-order chi connectivity index (χ0) is 18.7. The van der Waals surface area contributed by atoms with Crippen LogP contribution in [0, 0.1) is 13.8 Å². The molecule has 3 aromatic rings. The van der Waals surface area contributed by atoms with Crippen molar-refractivity contribution >= 4 is 27.5 Å². The minimum Gasteiger partial charge on any atom is -0.464 e. The second-order valence-corrected chi connectivity index (χ2v) is 7.22. The van der Waals surface area contributed by atoms with Crippen molar-refractivity contribution in [1.82, 2.24) is 9.55 Å². The second kappa shape index (κ2) is 7.83. The van der Waals surface area contributed by atoms with Crippen LogP contribution in [-0.2, 0) is 16.1 Å². The van der Waals surface area contributed by atoms with Crippen LogP contribution in [0.5, 0.6) is 0 Å². The minimum atomic E-state index is -0.235. The van der Waals surface area contributed by atoms with E-state index < -0.39 is 0 Å². The number of thiophene rings is 1. The smallest absolute Gasteiger partial charge is 0.305 e. The Morgan fingerprint density at radius 1 is 1.27 bits per heavy atom. The lowest BCUT2D eigenvalue weighted by Gasteiger charge is -2.08. The molecule has 0 saturated heterocycles. The first-order valence-corrected chi connectivity index (χ1v) is 9.59. The Balaban J connectivity index is 1.93. The predicted octanol–water partition coefficient (Wildman–Crippen LogP) is 4.09. The molecule has 0 amide bonds. The normalized spacial score (nSPS) is 11.0. The monoisotopic (exact) mass is 370 g/mol. The van der Waals surface area contributed by atoms with E-state index in [1.807, 2.05) is 25.3 Å². The average Bonchev–Trinajstić information content (AvgIpc) is 3.02. The molecule has 0 fully saturated rings. The number of fused-ring (bicyclic) bond motifs is 1. The van der Waals surface area contributed by atoms with Crippen molar-refractivity contribution in [1.29, 1.82) is 0 Å². The maximum absolute atomic E-state index is 13.0. The van der Waals surface area contributed by atoms with Crippen LogP contribution >= 0.6 is 11.3 Å². The molecule has 136 valence electrons. The highest BCUT2D eigenvalue weighted by Gasteiger charge is 2.15. The molecule has 6 heteroatoms. The molecule has 0 radical (unpaired) electrons. The van der Waals surface area contributed by atoms with Gasteiger partial charge in [0.25, 0.3) is 5.56 Å². The maximum atomic E-state index is 13.0. The molecule has 0 spiro atoms. The third kappa shape index (κ3) is 3.70. The highest BCUT2D eigenvalue weighted by molar-refractivity contribution is 7.17. The Morgan fingerprint density at radius 2 is 2.08 bits per heavy atom. The summed E-state index contributed by atoms with van der Waals surface area (Å²) in [6.07, 6.45) is 2.68. The fourth-order valence-corrected chi connectivity index (χ4v) is 3.87. The van der Waals surface area contributed by atoms with Gasteiger partial charge in [-0.05, 0) is 31.4 Å². The summed E-state index contributed by atoms with van der Waals surface area (Å²) in [7, 11) is 0. The largest absolute Gasteiger partial charge is 0.464 e. The number of aryl methyl sites for hydroxylation is 2. The van der Waals surface area contributed by atoms with Crippen LogP contribution < -0.4 is 5.56 Å². The summed E-state index contributed by atoms with van der Waals surface area (Å²) in [6.45, 7) is 6.51. The molecule has 3 rings (SSSR count). The number of esters is 1. The van der Waals surface area contributed by atoms with Crippen molar-refractivity contribution in [3.05, 3.63) is 51.4 Å². The highest BCUT2D eigenvalue weighted by Crippen LogP contribution is 2.32. The molecule has 0 aliphatic rings. The lowest BCUT2D eigenvalue weighted by Crippen LogP contribution is -2.23. The van der Waals surface area contributed by atoms with Gasteiger partial charge in [-0.2, -0.15) is 0 Å². The summed E-state index contributed by atoms with van der Waals surface area (Å²) in [5, 5.41) is 2.62. The van der Waals surface area contributed by atoms with E-state index in [0.717, 1.165) is 27.9 Å². The van der Waals surface area contributed by atoms with Gasteiger partial charge in [-0.1, -0.05) is 30.7 Å². The number of carbonyl (C=O) groups excluding carboxylic acids is 1. The Bertz CT molecular complexity index is 1000. The Hall–Kier alpha value is -2.47. The van der Waals surface area contributed by atoms with Crippen LogP contribution in [0.3, 0.4) is 0 Å². The zero-order valence-corrected chi connectivity index (χ0v) is 16.1. The standard InChI is InChI=1S/C20H22N2O3S/c1-4-5-17(23)25-9-8-22-12-21-19-18(20(22)24)16(11-26-19)15-7-6-13(2)10-14(15)3/h6-7,10-12H,4-5,8-9H2,1-3H3. The van der Waals surface area contributed by atoms with Gasteiger partial charge in [0, 0.05) is 17.4 Å². The molecule has 0 saturated carbocycles. The van der Waals surface area contributed by atoms with Gasteiger partial charge in [-0.25, -0.2) is 4.98 Å². The van der Waals surface area contributed by atoms with E-state index in [4.69, 9.17) is 4.74 Å². The quantitative estimate of drug-likeness (QED) is 0.613. The first-order valence-electron chi connectivity index (χ1n) is 8.71. The van der Waals surface area contributed by atoms with Crippen molar-refractivity contribution in [3.63, 3.8) is 0 Å².